The molecule has 2 aromatic rings. The monoisotopic (exact) mass is 310 g/mol. The molecule has 23 heavy (non-hydrogen) atoms. The molecule has 0 saturated heterocycles. The van der Waals surface area contributed by atoms with Crippen molar-refractivity contribution in [1.29, 1.82) is 0 Å². The van der Waals surface area contributed by atoms with Gasteiger partial charge in [0.05, 0.1) is 7.11 Å². The van der Waals surface area contributed by atoms with Crippen molar-refractivity contribution >= 4 is 6.09 Å². The van der Waals surface area contributed by atoms with Gasteiger partial charge in [0.15, 0.2) is 0 Å². The van der Waals surface area contributed by atoms with Gasteiger partial charge in [-0.3, -0.25) is 0 Å². The molecule has 5 heteroatoms. The van der Waals surface area contributed by atoms with E-state index in [1.54, 1.807) is 19.4 Å². The third-order valence-corrected chi connectivity index (χ3v) is 2.91. The van der Waals surface area contributed by atoms with E-state index in [1.165, 1.54) is 0 Å². The smallest absolute Gasteiger partial charge is 0.407 e. The minimum Gasteiger partial charge on any atom is -0.481 e. The second-order valence-corrected chi connectivity index (χ2v) is 4.63. The molecule has 0 radical (unpaired) electrons. The van der Waals surface area contributed by atoms with Gasteiger partial charge in [0.2, 0.25) is 5.88 Å². The van der Waals surface area contributed by atoms with Gasteiger partial charge in [-0.15, -0.1) is 0 Å². The number of nitrogens with one attached hydrogen (secondary N) is 1. The van der Waals surface area contributed by atoms with Gasteiger partial charge in [-0.25, -0.2) is 9.78 Å². The quantitative estimate of drug-likeness (QED) is 0.681. The molecule has 0 aliphatic heterocycles. The highest BCUT2D eigenvalue weighted by Gasteiger charge is 2.00. The lowest BCUT2D eigenvalue weighted by atomic mass is 10.2. The average Bonchev–Trinajstić information content (AvgIpc) is 2.61. The number of hydrogen-bond donors (Lipinski definition) is 1. The third kappa shape index (κ3) is 6.10. The summed E-state index contributed by atoms with van der Waals surface area (Å²) in [4.78, 5) is 15.6. The Hall–Kier alpha value is -3.00. The molecule has 118 valence electrons. The Balaban J connectivity index is 1.65. The molecule has 0 bridgehead atoms. The lowest BCUT2D eigenvalue weighted by Crippen LogP contribution is -2.24. The van der Waals surface area contributed by atoms with Crippen molar-refractivity contribution in [2.45, 2.75) is 13.0 Å². The molecule has 1 amide bonds. The third-order valence-electron chi connectivity index (χ3n) is 2.91. The van der Waals surface area contributed by atoms with Crippen molar-refractivity contribution in [2.24, 2.45) is 0 Å². The van der Waals surface area contributed by atoms with E-state index in [-0.39, 0.29) is 6.61 Å². The summed E-state index contributed by atoms with van der Waals surface area (Å²) in [5.74, 6) is 6.49. The van der Waals surface area contributed by atoms with Crippen LogP contribution in [0.15, 0.2) is 48.7 Å². The molecular formula is C18H18N2O3. The van der Waals surface area contributed by atoms with Crippen LogP contribution in [0.3, 0.4) is 0 Å². The number of methoxy groups -OCH3 is 1. The summed E-state index contributed by atoms with van der Waals surface area (Å²) < 4.78 is 10.1. The summed E-state index contributed by atoms with van der Waals surface area (Å²) in [5.41, 5.74) is 1.76. The number of pyridine rings is 1. The van der Waals surface area contributed by atoms with E-state index < -0.39 is 6.09 Å². The Labute approximate surface area is 135 Å². The highest BCUT2D eigenvalue weighted by Crippen LogP contribution is 2.05. The molecule has 1 N–H and O–H groups in total. The summed E-state index contributed by atoms with van der Waals surface area (Å²) in [6, 6.07) is 13.1. The van der Waals surface area contributed by atoms with Crippen LogP contribution in [0.5, 0.6) is 5.88 Å². The Morgan fingerprint density at radius 3 is 2.74 bits per heavy atom. The predicted molar refractivity (Wildman–Crippen MR) is 86.9 cm³/mol. The van der Waals surface area contributed by atoms with Gasteiger partial charge in [0.1, 0.15) is 6.61 Å². The van der Waals surface area contributed by atoms with Gasteiger partial charge >= 0.3 is 6.09 Å². The summed E-state index contributed by atoms with van der Waals surface area (Å²) in [6.45, 7) is 0.695. The van der Waals surface area contributed by atoms with Crippen LogP contribution >= 0.6 is 0 Å². The number of alkyl carbamates (subject to hydrolysis) is 1. The van der Waals surface area contributed by atoms with E-state index in [0.29, 0.717) is 18.8 Å². The highest BCUT2D eigenvalue weighted by atomic mass is 16.5. The first-order chi connectivity index (χ1) is 11.3. The molecule has 1 heterocycles. The fraction of sp³-hybridized carbons (Fsp3) is 0.222. The fourth-order valence-corrected chi connectivity index (χ4v) is 1.74. The van der Waals surface area contributed by atoms with Crippen molar-refractivity contribution in [3.8, 4) is 17.7 Å². The number of amides is 1. The molecule has 0 saturated carbocycles. The number of hydrogen-bond acceptors (Lipinski definition) is 4. The SMILES string of the molecule is COc1ccc(C#CCCNC(=O)OCc2ccccc2)cn1. The molecule has 1 aromatic carbocycles. The van der Waals surface area contributed by atoms with Crippen LogP contribution in [0, 0.1) is 11.8 Å². The molecule has 0 unspecified atom stereocenters. The van der Waals surface area contributed by atoms with Gasteiger partial charge in [-0.1, -0.05) is 42.2 Å². The summed E-state index contributed by atoms with van der Waals surface area (Å²) >= 11 is 0. The molecule has 0 spiro atoms. The van der Waals surface area contributed by atoms with E-state index in [1.807, 2.05) is 36.4 Å². The van der Waals surface area contributed by atoms with E-state index in [0.717, 1.165) is 11.1 Å². The average molecular weight is 310 g/mol. The normalized spacial score (nSPS) is 9.43. The van der Waals surface area contributed by atoms with Crippen LogP contribution in [0.25, 0.3) is 0 Å². The van der Waals surface area contributed by atoms with Crippen LogP contribution in [-0.2, 0) is 11.3 Å². The molecule has 1 aromatic heterocycles. The van der Waals surface area contributed by atoms with Crippen molar-refractivity contribution in [2.75, 3.05) is 13.7 Å². The maximum Gasteiger partial charge on any atom is 0.407 e. The Morgan fingerprint density at radius 2 is 2.04 bits per heavy atom. The topological polar surface area (TPSA) is 60.5 Å². The molecule has 0 aliphatic rings. The largest absolute Gasteiger partial charge is 0.481 e. The van der Waals surface area contributed by atoms with Gasteiger partial charge in [0, 0.05) is 30.8 Å². The summed E-state index contributed by atoms with van der Waals surface area (Å²) in [5, 5.41) is 2.66. The number of benzene rings is 1. The van der Waals surface area contributed by atoms with Gasteiger partial charge in [-0.2, -0.15) is 0 Å². The fourth-order valence-electron chi connectivity index (χ4n) is 1.74. The second kappa shape index (κ2) is 9.11. The summed E-state index contributed by atoms with van der Waals surface area (Å²) in [7, 11) is 1.57. The lowest BCUT2D eigenvalue weighted by Gasteiger charge is -2.05. The molecular weight excluding hydrogens is 292 g/mol. The van der Waals surface area contributed by atoms with E-state index in [2.05, 4.69) is 22.1 Å². The van der Waals surface area contributed by atoms with Crippen LogP contribution in [0.1, 0.15) is 17.5 Å². The lowest BCUT2D eigenvalue weighted by molar-refractivity contribution is 0.140. The van der Waals surface area contributed by atoms with Crippen LogP contribution in [-0.4, -0.2) is 24.7 Å². The molecule has 5 nitrogen and oxygen atoms in total. The maximum absolute atomic E-state index is 11.5. The molecule has 2 rings (SSSR count). The van der Waals surface area contributed by atoms with E-state index in [4.69, 9.17) is 9.47 Å². The zero-order valence-electron chi connectivity index (χ0n) is 12.9. The zero-order chi connectivity index (χ0) is 16.3. The van der Waals surface area contributed by atoms with Crippen molar-refractivity contribution < 1.29 is 14.3 Å². The van der Waals surface area contributed by atoms with Gasteiger partial charge in [-0.05, 0) is 11.6 Å². The number of carbonyl (C=O) groups excluding carboxylic acids is 1. The second-order valence-electron chi connectivity index (χ2n) is 4.63. The number of ether oxygens (including phenoxy) is 2. The Morgan fingerprint density at radius 1 is 1.22 bits per heavy atom. The molecule has 0 fully saturated rings. The minimum absolute atomic E-state index is 0.260. The predicted octanol–water partition coefficient (Wildman–Crippen LogP) is 2.76. The standard InChI is InChI=1S/C18H18N2O3/c1-22-17-11-10-15(13-20-17)7-5-6-12-19-18(21)23-14-16-8-3-2-4-9-16/h2-4,8-11,13H,6,12,14H2,1H3,(H,19,21). The van der Waals surface area contributed by atoms with Crippen LogP contribution < -0.4 is 10.1 Å². The van der Waals surface area contributed by atoms with Crippen molar-refractivity contribution in [3.05, 3.63) is 59.8 Å². The molecule has 0 atom stereocenters. The van der Waals surface area contributed by atoms with Crippen molar-refractivity contribution in [3.63, 3.8) is 0 Å². The highest BCUT2D eigenvalue weighted by molar-refractivity contribution is 5.67. The van der Waals surface area contributed by atoms with Crippen LogP contribution in [0.2, 0.25) is 0 Å². The maximum atomic E-state index is 11.5. The van der Waals surface area contributed by atoms with Gasteiger partial charge in [0.25, 0.3) is 0 Å². The number of aromatic nitrogens is 1. The number of rotatable bonds is 5. The first-order valence-electron chi connectivity index (χ1n) is 7.21. The minimum atomic E-state index is -0.443. The van der Waals surface area contributed by atoms with E-state index in [9.17, 15) is 4.79 Å². The number of nitrogens with zero attached hydrogens (tertiary/aromatic N) is 1. The first-order valence-corrected chi connectivity index (χ1v) is 7.21. The van der Waals surface area contributed by atoms with Crippen LogP contribution in [0.4, 0.5) is 4.79 Å². The van der Waals surface area contributed by atoms with Gasteiger partial charge < -0.3 is 14.8 Å². The summed E-state index contributed by atoms with van der Waals surface area (Å²) in [6.07, 6.45) is 1.74. The zero-order valence-corrected chi connectivity index (χ0v) is 12.9. The molecule has 0 aliphatic carbocycles. The number of carbonyl (C=O) groups is 1. The first kappa shape index (κ1) is 16.4. The Kier molecular flexibility index (Phi) is 6.48. The van der Waals surface area contributed by atoms with E-state index >= 15 is 0 Å². The Bertz CT molecular complexity index is 673. The van der Waals surface area contributed by atoms with Crippen molar-refractivity contribution in [1.82, 2.24) is 10.3 Å².